The molecule has 2 aliphatic heterocycles. The summed E-state index contributed by atoms with van der Waals surface area (Å²) in [5, 5.41) is 0.585. The van der Waals surface area contributed by atoms with E-state index in [4.69, 9.17) is 0 Å². The Hall–Kier alpha value is -1.34. The molecule has 2 heterocycles. The summed E-state index contributed by atoms with van der Waals surface area (Å²) in [6.07, 6.45) is 0.346. The molecule has 2 saturated heterocycles. The highest BCUT2D eigenvalue weighted by atomic mass is 32.2. The molecule has 0 saturated carbocycles. The number of aryl methyl sites for hydroxylation is 2. The fraction of sp³-hybridized carbons (Fsp3) is 0.500. The molecule has 1 aromatic carbocycles. The van der Waals surface area contributed by atoms with Crippen LogP contribution in [-0.2, 0) is 14.6 Å². The maximum absolute atomic E-state index is 12.0. The number of anilines is 1. The van der Waals surface area contributed by atoms with Crippen LogP contribution in [0.2, 0.25) is 0 Å². The fourth-order valence-corrected chi connectivity index (χ4v) is 7.11. The largest absolute Gasteiger partial charge is 0.315 e. The number of aliphatic imine (C=N–C) groups is 1. The van der Waals surface area contributed by atoms with Crippen LogP contribution in [-0.4, -0.2) is 42.3 Å². The van der Waals surface area contributed by atoms with Gasteiger partial charge in [0, 0.05) is 17.4 Å². The first-order valence-electron chi connectivity index (χ1n) is 7.66. The zero-order valence-corrected chi connectivity index (χ0v) is 15.1. The number of benzene rings is 1. The molecule has 0 aliphatic carbocycles. The van der Waals surface area contributed by atoms with Crippen LogP contribution in [0.5, 0.6) is 0 Å². The van der Waals surface area contributed by atoms with Crippen molar-refractivity contribution >= 4 is 38.4 Å². The number of nitrogens with zero attached hydrogens (tertiary/aromatic N) is 2. The first-order valence-corrected chi connectivity index (χ1v) is 10.4. The molecule has 7 heteroatoms. The van der Waals surface area contributed by atoms with Crippen molar-refractivity contribution in [1.29, 1.82) is 0 Å². The first kappa shape index (κ1) is 16.5. The van der Waals surface area contributed by atoms with Crippen molar-refractivity contribution in [2.24, 2.45) is 4.99 Å². The van der Waals surface area contributed by atoms with Crippen molar-refractivity contribution in [2.45, 2.75) is 38.5 Å². The van der Waals surface area contributed by atoms with Gasteiger partial charge >= 0.3 is 0 Å². The Morgan fingerprint density at radius 3 is 2.57 bits per heavy atom. The second kappa shape index (κ2) is 5.94. The summed E-state index contributed by atoms with van der Waals surface area (Å²) >= 11 is 1.42. The predicted molar refractivity (Wildman–Crippen MR) is 94.9 cm³/mol. The summed E-state index contributed by atoms with van der Waals surface area (Å²) in [4.78, 5) is 18.0. The number of amidine groups is 1. The Morgan fingerprint density at radius 2 is 1.96 bits per heavy atom. The number of carbonyl (C=O) groups excluding carboxylic acids is 1. The van der Waals surface area contributed by atoms with Gasteiger partial charge in [-0.3, -0.25) is 4.79 Å². The van der Waals surface area contributed by atoms with Gasteiger partial charge in [0.2, 0.25) is 5.91 Å². The van der Waals surface area contributed by atoms with E-state index < -0.39 is 9.84 Å². The minimum atomic E-state index is -3.03. The van der Waals surface area contributed by atoms with Gasteiger partial charge in [-0.1, -0.05) is 36.9 Å². The van der Waals surface area contributed by atoms with E-state index in [9.17, 15) is 13.2 Å². The predicted octanol–water partition coefficient (Wildman–Crippen LogP) is 2.31. The zero-order chi connectivity index (χ0) is 16.8. The number of carbonyl (C=O) groups is 1. The Bertz CT molecular complexity index is 766. The summed E-state index contributed by atoms with van der Waals surface area (Å²) in [7, 11) is -3.03. The highest BCUT2D eigenvalue weighted by Crippen LogP contribution is 2.43. The van der Waals surface area contributed by atoms with E-state index >= 15 is 0 Å². The topological polar surface area (TPSA) is 66.8 Å². The second-order valence-electron chi connectivity index (χ2n) is 6.05. The number of para-hydroxylation sites is 1. The molecule has 0 radical (unpaired) electrons. The van der Waals surface area contributed by atoms with Gasteiger partial charge in [-0.2, -0.15) is 4.99 Å². The Kier molecular flexibility index (Phi) is 4.27. The molecule has 0 bridgehead atoms. The monoisotopic (exact) mass is 352 g/mol. The molecular formula is C16H20N2O3S2. The van der Waals surface area contributed by atoms with Gasteiger partial charge in [-0.05, 0) is 25.0 Å². The van der Waals surface area contributed by atoms with Crippen molar-refractivity contribution in [3.05, 3.63) is 29.3 Å². The van der Waals surface area contributed by atoms with Crippen LogP contribution in [0.3, 0.4) is 0 Å². The lowest BCUT2D eigenvalue weighted by atomic mass is 10.1. The fourth-order valence-electron chi connectivity index (χ4n) is 3.20. The lowest BCUT2D eigenvalue weighted by molar-refractivity contribution is -0.117. The summed E-state index contributed by atoms with van der Waals surface area (Å²) in [5.41, 5.74) is 3.10. The van der Waals surface area contributed by atoms with Crippen molar-refractivity contribution in [2.75, 3.05) is 16.4 Å². The van der Waals surface area contributed by atoms with Gasteiger partial charge in [0.15, 0.2) is 15.0 Å². The van der Waals surface area contributed by atoms with Gasteiger partial charge in [0.05, 0.1) is 17.5 Å². The molecule has 0 unspecified atom stereocenters. The van der Waals surface area contributed by atoms with Gasteiger partial charge in [-0.15, -0.1) is 0 Å². The smallest absolute Gasteiger partial charge is 0.247 e. The van der Waals surface area contributed by atoms with Gasteiger partial charge in [0.1, 0.15) is 0 Å². The number of fused-ring (bicyclic) bond motifs is 1. The number of sulfone groups is 1. The van der Waals surface area contributed by atoms with E-state index in [0.29, 0.717) is 11.6 Å². The van der Waals surface area contributed by atoms with Crippen molar-refractivity contribution in [3.8, 4) is 0 Å². The average Bonchev–Trinajstić information content (AvgIpc) is 2.91. The maximum Gasteiger partial charge on any atom is 0.247 e. The SMILES string of the molecule is CCC(=O)N=C1S[C@@H]2CS(=O)(=O)C[C@H]2N1c1c(C)cccc1C. The minimum absolute atomic E-state index is 0.0533. The zero-order valence-electron chi connectivity index (χ0n) is 13.4. The van der Waals surface area contributed by atoms with Crippen LogP contribution in [0, 0.1) is 13.8 Å². The molecule has 2 atom stereocenters. The standard InChI is InChI=1S/C16H20N2O3S2/c1-4-14(19)17-16-18(15-10(2)6-5-7-11(15)3)12-8-23(20,21)9-13(12)22-16/h5-7,12-13H,4,8-9H2,1-3H3/t12-,13-/m1/s1. The van der Waals surface area contributed by atoms with Crippen LogP contribution in [0.1, 0.15) is 24.5 Å². The van der Waals surface area contributed by atoms with Crippen LogP contribution in [0.15, 0.2) is 23.2 Å². The summed E-state index contributed by atoms with van der Waals surface area (Å²) in [6, 6.07) is 5.84. The quantitative estimate of drug-likeness (QED) is 0.817. The third-order valence-corrected chi connectivity index (χ3v) is 7.48. The lowest BCUT2D eigenvalue weighted by Crippen LogP contribution is -2.38. The third-order valence-electron chi connectivity index (χ3n) is 4.27. The first-order chi connectivity index (χ1) is 10.8. The van der Waals surface area contributed by atoms with E-state index in [2.05, 4.69) is 4.99 Å². The van der Waals surface area contributed by atoms with E-state index in [-0.39, 0.29) is 28.7 Å². The van der Waals surface area contributed by atoms with E-state index in [1.165, 1.54) is 11.8 Å². The van der Waals surface area contributed by atoms with E-state index in [1.54, 1.807) is 6.92 Å². The van der Waals surface area contributed by atoms with Crippen molar-refractivity contribution in [3.63, 3.8) is 0 Å². The molecule has 2 fully saturated rings. The van der Waals surface area contributed by atoms with Crippen LogP contribution >= 0.6 is 11.8 Å². The Balaban J connectivity index is 2.11. The van der Waals surface area contributed by atoms with Gasteiger partial charge < -0.3 is 4.90 Å². The number of hydrogen-bond acceptors (Lipinski definition) is 4. The molecule has 5 nitrogen and oxygen atoms in total. The molecule has 1 aromatic rings. The summed E-state index contributed by atoms with van der Waals surface area (Å²) in [5.74, 6) is 0.104. The number of rotatable bonds is 2. The number of thioether (sulfide) groups is 1. The molecule has 0 aromatic heterocycles. The Morgan fingerprint density at radius 1 is 1.30 bits per heavy atom. The van der Waals surface area contributed by atoms with E-state index in [0.717, 1.165) is 16.8 Å². The molecule has 1 amide bonds. The maximum atomic E-state index is 12.0. The van der Waals surface area contributed by atoms with Gasteiger partial charge in [0.25, 0.3) is 0 Å². The minimum Gasteiger partial charge on any atom is -0.315 e. The average molecular weight is 352 g/mol. The number of amides is 1. The summed E-state index contributed by atoms with van der Waals surface area (Å²) < 4.78 is 24.1. The molecule has 124 valence electrons. The highest BCUT2D eigenvalue weighted by molar-refractivity contribution is 8.16. The number of hydrogen-bond donors (Lipinski definition) is 0. The van der Waals surface area contributed by atoms with Gasteiger partial charge in [-0.25, -0.2) is 8.42 Å². The van der Waals surface area contributed by atoms with Crippen LogP contribution in [0.4, 0.5) is 5.69 Å². The molecule has 23 heavy (non-hydrogen) atoms. The lowest BCUT2D eigenvalue weighted by Gasteiger charge is -2.27. The molecule has 2 aliphatic rings. The van der Waals surface area contributed by atoms with Crippen molar-refractivity contribution in [1.82, 2.24) is 0 Å². The van der Waals surface area contributed by atoms with Crippen LogP contribution in [0.25, 0.3) is 0 Å². The highest BCUT2D eigenvalue weighted by Gasteiger charge is 2.49. The second-order valence-corrected chi connectivity index (χ2v) is 9.41. The van der Waals surface area contributed by atoms with Crippen LogP contribution < -0.4 is 4.90 Å². The summed E-state index contributed by atoms with van der Waals surface area (Å²) in [6.45, 7) is 5.78. The normalized spacial score (nSPS) is 27.4. The molecule has 0 N–H and O–H groups in total. The molecule has 0 spiro atoms. The molecular weight excluding hydrogens is 332 g/mol. The van der Waals surface area contributed by atoms with E-state index in [1.807, 2.05) is 36.9 Å². The Labute approximate surface area is 141 Å². The molecule has 3 rings (SSSR count). The van der Waals surface area contributed by atoms with Crippen molar-refractivity contribution < 1.29 is 13.2 Å². The third kappa shape index (κ3) is 3.04.